The van der Waals surface area contributed by atoms with Crippen LogP contribution >= 0.6 is 22.6 Å². The molecular weight excluding hydrogens is 271 g/mol. The van der Waals surface area contributed by atoms with E-state index in [2.05, 4.69) is 29.2 Å². The lowest BCUT2D eigenvalue weighted by molar-refractivity contribution is -0.137. The Morgan fingerprint density at radius 2 is 2.45 bits per heavy atom. The van der Waals surface area contributed by atoms with Gasteiger partial charge in [-0.2, -0.15) is 0 Å². The van der Waals surface area contributed by atoms with E-state index in [4.69, 9.17) is 4.74 Å². The molecule has 0 unspecified atom stereocenters. The third-order valence-electron chi connectivity index (χ3n) is 1.19. The summed E-state index contributed by atoms with van der Waals surface area (Å²) in [4.78, 5) is 10.5. The first kappa shape index (κ1) is 11.2. The fourth-order valence-electron chi connectivity index (χ4n) is 0.605. The molecule has 11 heavy (non-hydrogen) atoms. The van der Waals surface area contributed by atoms with Crippen LogP contribution in [-0.4, -0.2) is 26.1 Å². The summed E-state index contributed by atoms with van der Waals surface area (Å²) in [6, 6.07) is 1.27. The number of carbonyl (C=O) groups is 1. The Kier molecular flexibility index (Phi) is 8.37. The molecule has 0 fully saturated rings. The SMILES string of the molecule is C=CC(=O)OCCC[SiH2]CI. The van der Waals surface area contributed by atoms with E-state index in [0.717, 1.165) is 6.42 Å². The van der Waals surface area contributed by atoms with Crippen LogP contribution in [0.15, 0.2) is 12.7 Å². The molecule has 0 aromatic carbocycles. The molecule has 0 heterocycles. The maximum atomic E-state index is 10.5. The van der Waals surface area contributed by atoms with Crippen molar-refractivity contribution in [2.45, 2.75) is 12.5 Å². The molecule has 0 spiro atoms. The van der Waals surface area contributed by atoms with Gasteiger partial charge in [0.15, 0.2) is 0 Å². The van der Waals surface area contributed by atoms with Gasteiger partial charge in [0.25, 0.3) is 0 Å². The molecule has 0 rings (SSSR count). The van der Waals surface area contributed by atoms with Gasteiger partial charge in [0.05, 0.1) is 6.61 Å². The lowest BCUT2D eigenvalue weighted by Gasteiger charge is -1.99. The number of halogens is 1. The predicted molar refractivity (Wildman–Crippen MR) is 58.0 cm³/mol. The highest BCUT2D eigenvalue weighted by molar-refractivity contribution is 14.1. The van der Waals surface area contributed by atoms with E-state index in [-0.39, 0.29) is 15.5 Å². The Bertz CT molecular complexity index is 128. The van der Waals surface area contributed by atoms with Gasteiger partial charge in [0, 0.05) is 15.6 Å². The minimum atomic E-state index is -0.304. The molecule has 0 aromatic heterocycles. The highest BCUT2D eigenvalue weighted by Crippen LogP contribution is 1.92. The number of carbonyl (C=O) groups excluding carboxylic acids is 1. The predicted octanol–water partition coefficient (Wildman–Crippen LogP) is 1.09. The summed E-state index contributed by atoms with van der Waals surface area (Å²) in [5, 5.41) is 0. The molecule has 0 radical (unpaired) electrons. The Morgan fingerprint density at radius 3 is 3.00 bits per heavy atom. The molecule has 0 saturated carbocycles. The van der Waals surface area contributed by atoms with E-state index in [1.165, 1.54) is 16.2 Å². The number of esters is 1. The Balaban J connectivity index is 3.01. The first-order valence-electron chi connectivity index (χ1n) is 3.66. The second-order valence-electron chi connectivity index (χ2n) is 2.12. The van der Waals surface area contributed by atoms with Crippen molar-refractivity contribution in [1.29, 1.82) is 0 Å². The van der Waals surface area contributed by atoms with Gasteiger partial charge in [-0.1, -0.05) is 35.2 Å². The Labute approximate surface area is 83.4 Å². The maximum absolute atomic E-state index is 10.5. The van der Waals surface area contributed by atoms with Crippen molar-refractivity contribution in [1.82, 2.24) is 0 Å². The van der Waals surface area contributed by atoms with Crippen LogP contribution in [0.4, 0.5) is 0 Å². The van der Waals surface area contributed by atoms with E-state index in [1.807, 2.05) is 0 Å². The van der Waals surface area contributed by atoms with Crippen LogP contribution in [0.1, 0.15) is 6.42 Å². The average Bonchev–Trinajstić information content (AvgIpc) is 2.04. The summed E-state index contributed by atoms with van der Waals surface area (Å²) >= 11 is 2.40. The Hall–Kier alpha value is 0.157. The molecule has 64 valence electrons. The summed E-state index contributed by atoms with van der Waals surface area (Å²) in [5.74, 6) is -0.304. The van der Waals surface area contributed by atoms with Gasteiger partial charge in [-0.05, 0) is 10.5 Å². The smallest absolute Gasteiger partial charge is 0.330 e. The van der Waals surface area contributed by atoms with Gasteiger partial charge in [-0.3, -0.25) is 0 Å². The molecule has 0 N–H and O–H groups in total. The van der Waals surface area contributed by atoms with Crippen LogP contribution in [0.3, 0.4) is 0 Å². The van der Waals surface area contributed by atoms with Crippen LogP contribution < -0.4 is 0 Å². The van der Waals surface area contributed by atoms with Crippen LogP contribution in [0.25, 0.3) is 0 Å². The minimum Gasteiger partial charge on any atom is -0.463 e. The van der Waals surface area contributed by atoms with Crippen molar-refractivity contribution >= 4 is 38.1 Å². The van der Waals surface area contributed by atoms with E-state index >= 15 is 0 Å². The van der Waals surface area contributed by atoms with E-state index < -0.39 is 0 Å². The standard InChI is InChI=1S/C7H13IO2Si/c1-2-7(9)10-4-3-5-11-6-8/h2H,1,3-6,11H2. The summed E-state index contributed by atoms with van der Waals surface area (Å²) in [6.07, 6.45) is 2.23. The monoisotopic (exact) mass is 284 g/mol. The highest BCUT2D eigenvalue weighted by atomic mass is 127. The largest absolute Gasteiger partial charge is 0.463 e. The van der Waals surface area contributed by atoms with E-state index in [9.17, 15) is 4.79 Å². The van der Waals surface area contributed by atoms with Crippen molar-refractivity contribution in [3.63, 3.8) is 0 Å². The van der Waals surface area contributed by atoms with Crippen LogP contribution in [0.5, 0.6) is 0 Å². The van der Waals surface area contributed by atoms with Crippen LogP contribution in [0.2, 0.25) is 6.04 Å². The van der Waals surface area contributed by atoms with Crippen molar-refractivity contribution in [3.8, 4) is 0 Å². The molecule has 4 heteroatoms. The zero-order valence-electron chi connectivity index (χ0n) is 6.51. The third-order valence-corrected chi connectivity index (χ3v) is 4.74. The molecule has 0 saturated heterocycles. The van der Waals surface area contributed by atoms with Gasteiger partial charge < -0.3 is 4.74 Å². The normalized spacial score (nSPS) is 10.3. The number of alkyl halides is 1. The first-order valence-corrected chi connectivity index (χ1v) is 7.19. The van der Waals surface area contributed by atoms with Crippen molar-refractivity contribution < 1.29 is 9.53 Å². The molecule has 0 aliphatic heterocycles. The van der Waals surface area contributed by atoms with Crippen LogP contribution in [-0.2, 0) is 9.53 Å². The zero-order chi connectivity index (χ0) is 8.53. The van der Waals surface area contributed by atoms with Crippen molar-refractivity contribution in [2.24, 2.45) is 0 Å². The molecule has 2 nitrogen and oxygen atoms in total. The maximum Gasteiger partial charge on any atom is 0.330 e. The first-order chi connectivity index (χ1) is 5.31. The second kappa shape index (κ2) is 8.26. The summed E-state index contributed by atoms with van der Waals surface area (Å²) in [6.45, 7) is 3.87. The molecule has 0 aromatic rings. The minimum absolute atomic E-state index is 0.140. The molecular formula is C7H13IO2Si. The number of ether oxygens (including phenoxy) is 1. The number of rotatable bonds is 6. The molecule has 0 amide bonds. The lowest BCUT2D eigenvalue weighted by atomic mass is 10.5. The van der Waals surface area contributed by atoms with Crippen molar-refractivity contribution in [3.05, 3.63) is 12.7 Å². The summed E-state index contributed by atoms with van der Waals surface area (Å²) in [7, 11) is 0.140. The summed E-state index contributed by atoms with van der Waals surface area (Å²) in [5.41, 5.74) is 0. The lowest BCUT2D eigenvalue weighted by Crippen LogP contribution is -2.03. The van der Waals surface area contributed by atoms with Crippen LogP contribution in [0, 0.1) is 0 Å². The van der Waals surface area contributed by atoms with Gasteiger partial charge in [-0.15, -0.1) is 0 Å². The quantitative estimate of drug-likeness (QED) is 0.182. The van der Waals surface area contributed by atoms with Gasteiger partial charge in [-0.25, -0.2) is 4.79 Å². The number of hydrogen-bond acceptors (Lipinski definition) is 2. The van der Waals surface area contributed by atoms with E-state index in [0.29, 0.717) is 6.61 Å². The fraction of sp³-hybridized carbons (Fsp3) is 0.571. The zero-order valence-corrected chi connectivity index (χ0v) is 10.1. The Morgan fingerprint density at radius 1 is 1.73 bits per heavy atom. The van der Waals surface area contributed by atoms with E-state index in [1.54, 1.807) is 0 Å². The third kappa shape index (κ3) is 8.06. The highest BCUT2D eigenvalue weighted by Gasteiger charge is 1.93. The molecule has 0 bridgehead atoms. The topological polar surface area (TPSA) is 26.3 Å². The van der Waals surface area contributed by atoms with Gasteiger partial charge in [0.2, 0.25) is 0 Å². The molecule has 0 aliphatic carbocycles. The van der Waals surface area contributed by atoms with Gasteiger partial charge in [0.1, 0.15) is 0 Å². The second-order valence-corrected chi connectivity index (χ2v) is 7.15. The average molecular weight is 284 g/mol. The molecule has 0 aliphatic rings. The van der Waals surface area contributed by atoms with Crippen molar-refractivity contribution in [2.75, 3.05) is 10.7 Å². The number of hydrogen-bond donors (Lipinski definition) is 0. The molecule has 0 atom stereocenters. The summed E-state index contributed by atoms with van der Waals surface area (Å²) < 4.78 is 6.11. The van der Waals surface area contributed by atoms with Gasteiger partial charge >= 0.3 is 5.97 Å². The fourth-order valence-corrected chi connectivity index (χ4v) is 2.97.